The molecular formula is C22H31N5O3S2. The van der Waals surface area contributed by atoms with Crippen molar-refractivity contribution in [2.24, 2.45) is 0 Å². The molecule has 1 N–H and O–H groups in total. The van der Waals surface area contributed by atoms with Crippen molar-refractivity contribution in [1.82, 2.24) is 18.8 Å². The molecule has 3 aromatic rings. The molecule has 2 heterocycles. The summed E-state index contributed by atoms with van der Waals surface area (Å²) in [5.74, 6) is 0.666. The first-order valence-electron chi connectivity index (χ1n) is 10.9. The van der Waals surface area contributed by atoms with Crippen LogP contribution in [0.5, 0.6) is 0 Å². The van der Waals surface area contributed by atoms with Crippen LogP contribution in [0.4, 0.5) is 5.13 Å². The number of aryl methyl sites for hydroxylation is 4. The Labute approximate surface area is 193 Å². The molecule has 0 aliphatic heterocycles. The number of amides is 1. The zero-order valence-corrected chi connectivity index (χ0v) is 20.9. The molecule has 0 radical (unpaired) electrons. The van der Waals surface area contributed by atoms with Crippen LogP contribution in [0.3, 0.4) is 0 Å². The van der Waals surface area contributed by atoms with Crippen molar-refractivity contribution in [1.29, 1.82) is 0 Å². The summed E-state index contributed by atoms with van der Waals surface area (Å²) in [5, 5.41) is 3.47. The predicted molar refractivity (Wildman–Crippen MR) is 129 cm³/mol. The highest BCUT2D eigenvalue weighted by Gasteiger charge is 2.23. The van der Waals surface area contributed by atoms with Crippen molar-refractivity contribution >= 4 is 43.4 Å². The fourth-order valence-corrected chi connectivity index (χ4v) is 5.94. The number of benzene rings is 1. The molecule has 32 heavy (non-hydrogen) atoms. The molecular weight excluding hydrogens is 446 g/mol. The molecule has 0 aliphatic carbocycles. The summed E-state index contributed by atoms with van der Waals surface area (Å²) in [4.78, 5) is 22.8. The largest absolute Gasteiger partial charge is 0.328 e. The van der Waals surface area contributed by atoms with E-state index in [1.807, 2.05) is 33.8 Å². The lowest BCUT2D eigenvalue weighted by atomic mass is 10.2. The molecule has 1 aromatic carbocycles. The number of imidazole rings is 1. The van der Waals surface area contributed by atoms with Crippen LogP contribution in [-0.4, -0.2) is 46.3 Å². The van der Waals surface area contributed by atoms with Crippen molar-refractivity contribution in [2.45, 2.75) is 65.3 Å². The SMILES string of the molecule is CCCn1c(CCC(=O)Nc2nc(C)c(C)s2)nc2cc(S(=O)(=O)N(CC)CC)ccc21. The van der Waals surface area contributed by atoms with E-state index in [4.69, 9.17) is 4.98 Å². The Morgan fingerprint density at radius 2 is 1.88 bits per heavy atom. The lowest BCUT2D eigenvalue weighted by molar-refractivity contribution is -0.116. The molecule has 0 saturated carbocycles. The summed E-state index contributed by atoms with van der Waals surface area (Å²) < 4.78 is 29.3. The summed E-state index contributed by atoms with van der Waals surface area (Å²) >= 11 is 1.46. The van der Waals surface area contributed by atoms with E-state index in [1.54, 1.807) is 12.1 Å². The standard InChI is InChI=1S/C22H31N5O3S2/c1-6-13-27-19-10-9-17(32(29,30)26(7-2)8-3)14-18(19)24-20(27)11-12-21(28)25-22-23-15(4)16(5)31-22/h9-10,14H,6-8,11-13H2,1-5H3,(H,23,25,28). The third-order valence-electron chi connectivity index (χ3n) is 5.44. The number of anilines is 1. The summed E-state index contributed by atoms with van der Waals surface area (Å²) in [6.45, 7) is 11.2. The zero-order chi connectivity index (χ0) is 23.5. The van der Waals surface area contributed by atoms with Gasteiger partial charge in [-0.3, -0.25) is 4.79 Å². The van der Waals surface area contributed by atoms with Crippen LogP contribution in [-0.2, 0) is 27.8 Å². The molecule has 0 fully saturated rings. The van der Waals surface area contributed by atoms with Gasteiger partial charge < -0.3 is 9.88 Å². The minimum atomic E-state index is -3.56. The molecule has 0 spiro atoms. The molecule has 174 valence electrons. The van der Waals surface area contributed by atoms with Crippen molar-refractivity contribution in [3.63, 3.8) is 0 Å². The van der Waals surface area contributed by atoms with Crippen LogP contribution < -0.4 is 5.32 Å². The smallest absolute Gasteiger partial charge is 0.243 e. The molecule has 0 atom stereocenters. The fourth-order valence-electron chi connectivity index (χ4n) is 3.63. The van der Waals surface area contributed by atoms with Gasteiger partial charge >= 0.3 is 0 Å². The zero-order valence-electron chi connectivity index (χ0n) is 19.3. The monoisotopic (exact) mass is 477 g/mol. The van der Waals surface area contributed by atoms with Gasteiger partial charge in [-0.05, 0) is 38.5 Å². The molecule has 0 aliphatic rings. The first-order chi connectivity index (χ1) is 15.2. The number of thiazole rings is 1. The van der Waals surface area contributed by atoms with Crippen molar-refractivity contribution in [3.8, 4) is 0 Å². The number of nitrogens with zero attached hydrogens (tertiary/aromatic N) is 4. The molecule has 0 saturated heterocycles. The Morgan fingerprint density at radius 3 is 2.47 bits per heavy atom. The molecule has 2 aromatic heterocycles. The van der Waals surface area contributed by atoms with E-state index in [9.17, 15) is 13.2 Å². The van der Waals surface area contributed by atoms with E-state index >= 15 is 0 Å². The van der Waals surface area contributed by atoms with E-state index in [0.717, 1.165) is 34.9 Å². The molecule has 3 rings (SSSR count). The van der Waals surface area contributed by atoms with Crippen LogP contribution >= 0.6 is 11.3 Å². The Kier molecular flexibility index (Phi) is 7.68. The predicted octanol–water partition coefficient (Wildman–Crippen LogP) is 4.12. The first-order valence-corrected chi connectivity index (χ1v) is 13.2. The van der Waals surface area contributed by atoms with Gasteiger partial charge in [-0.25, -0.2) is 18.4 Å². The number of nitrogens with one attached hydrogen (secondary N) is 1. The minimum Gasteiger partial charge on any atom is -0.328 e. The first kappa shape index (κ1) is 24.3. The number of aromatic nitrogens is 3. The van der Waals surface area contributed by atoms with Crippen LogP contribution in [0.15, 0.2) is 23.1 Å². The van der Waals surface area contributed by atoms with Gasteiger partial charge in [0.1, 0.15) is 5.82 Å². The summed E-state index contributed by atoms with van der Waals surface area (Å²) in [5.41, 5.74) is 2.44. The maximum Gasteiger partial charge on any atom is 0.243 e. The Balaban J connectivity index is 1.84. The van der Waals surface area contributed by atoms with Crippen LogP contribution in [0.25, 0.3) is 11.0 Å². The molecule has 0 bridgehead atoms. The minimum absolute atomic E-state index is 0.112. The van der Waals surface area contributed by atoms with E-state index in [1.165, 1.54) is 15.6 Å². The number of fused-ring (bicyclic) bond motifs is 1. The fraction of sp³-hybridized carbons (Fsp3) is 0.500. The van der Waals surface area contributed by atoms with Gasteiger partial charge in [0.15, 0.2) is 5.13 Å². The van der Waals surface area contributed by atoms with E-state index in [-0.39, 0.29) is 17.2 Å². The maximum atomic E-state index is 12.9. The van der Waals surface area contributed by atoms with Gasteiger partial charge in [0, 0.05) is 37.4 Å². The summed E-state index contributed by atoms with van der Waals surface area (Å²) in [7, 11) is -3.56. The topological polar surface area (TPSA) is 97.2 Å². The number of carbonyl (C=O) groups excluding carboxylic acids is 1. The number of carbonyl (C=O) groups is 1. The number of hydrogen-bond acceptors (Lipinski definition) is 6. The second-order valence-corrected chi connectivity index (χ2v) is 10.8. The highest BCUT2D eigenvalue weighted by molar-refractivity contribution is 7.89. The van der Waals surface area contributed by atoms with Gasteiger partial charge in [-0.1, -0.05) is 20.8 Å². The normalized spacial score (nSPS) is 12.1. The highest BCUT2D eigenvalue weighted by Crippen LogP contribution is 2.25. The Bertz CT molecular complexity index is 1190. The van der Waals surface area contributed by atoms with E-state index in [2.05, 4.69) is 21.8 Å². The quantitative estimate of drug-likeness (QED) is 0.474. The highest BCUT2D eigenvalue weighted by atomic mass is 32.2. The summed E-state index contributed by atoms with van der Waals surface area (Å²) in [6.07, 6.45) is 1.64. The molecule has 0 unspecified atom stereocenters. The number of rotatable bonds is 10. The van der Waals surface area contributed by atoms with Crippen LogP contribution in [0.1, 0.15) is 50.0 Å². The second kappa shape index (κ2) is 10.1. The maximum absolute atomic E-state index is 12.9. The van der Waals surface area contributed by atoms with Gasteiger partial charge in [0.05, 0.1) is 21.6 Å². The Morgan fingerprint density at radius 1 is 1.16 bits per heavy atom. The van der Waals surface area contributed by atoms with Crippen molar-refractivity contribution in [2.75, 3.05) is 18.4 Å². The summed E-state index contributed by atoms with van der Waals surface area (Å²) in [6, 6.07) is 5.10. The second-order valence-electron chi connectivity index (χ2n) is 7.63. The van der Waals surface area contributed by atoms with E-state index in [0.29, 0.717) is 30.2 Å². The van der Waals surface area contributed by atoms with Crippen LogP contribution in [0.2, 0.25) is 0 Å². The van der Waals surface area contributed by atoms with Gasteiger partial charge in [0.25, 0.3) is 0 Å². The third kappa shape index (κ3) is 5.02. The molecule has 1 amide bonds. The van der Waals surface area contributed by atoms with E-state index < -0.39 is 10.0 Å². The van der Waals surface area contributed by atoms with Gasteiger partial charge in [0.2, 0.25) is 15.9 Å². The number of sulfonamides is 1. The third-order valence-corrected chi connectivity index (χ3v) is 8.47. The Hall–Kier alpha value is -2.30. The molecule has 8 nitrogen and oxygen atoms in total. The van der Waals surface area contributed by atoms with Crippen LogP contribution in [0, 0.1) is 13.8 Å². The van der Waals surface area contributed by atoms with Gasteiger partial charge in [-0.15, -0.1) is 11.3 Å². The number of hydrogen-bond donors (Lipinski definition) is 1. The van der Waals surface area contributed by atoms with Gasteiger partial charge in [-0.2, -0.15) is 4.31 Å². The van der Waals surface area contributed by atoms with Crippen molar-refractivity contribution < 1.29 is 13.2 Å². The lowest BCUT2D eigenvalue weighted by Gasteiger charge is -2.18. The molecule has 10 heteroatoms. The average molecular weight is 478 g/mol. The lowest BCUT2D eigenvalue weighted by Crippen LogP contribution is -2.30. The average Bonchev–Trinajstić information content (AvgIpc) is 3.25. The van der Waals surface area contributed by atoms with Crippen molar-refractivity contribution in [3.05, 3.63) is 34.6 Å².